The molecule has 4 rings (SSSR count). The van der Waals surface area contributed by atoms with Gasteiger partial charge in [0.15, 0.2) is 5.13 Å². The molecule has 0 saturated heterocycles. The molecule has 1 heterocycles. The highest BCUT2D eigenvalue weighted by Crippen LogP contribution is 2.44. The maximum atomic E-state index is 12.4. The number of hydrogen-bond acceptors (Lipinski definition) is 6. The van der Waals surface area contributed by atoms with Crippen molar-refractivity contribution in [1.29, 1.82) is 0 Å². The van der Waals surface area contributed by atoms with Crippen molar-refractivity contribution < 1.29 is 24.2 Å². The average molecular weight is 490 g/mol. The van der Waals surface area contributed by atoms with Crippen molar-refractivity contribution in [2.45, 2.75) is 31.2 Å². The number of aryl methyl sites for hydroxylation is 1. The van der Waals surface area contributed by atoms with Crippen LogP contribution in [0.5, 0.6) is 0 Å². The zero-order chi connectivity index (χ0) is 24.8. The fourth-order valence-corrected chi connectivity index (χ4v) is 4.82. The number of fused-ring (bicyclic) bond motifs is 3. The standard InChI is InChI=1S/C26H23N3O5S/c1-2-7-22(24(31)32)28-23(30)13-12-16-14-27-25(35-16)29-26(33)34-15-21-19-10-5-3-8-17(19)18-9-4-6-11-20(18)21/h1,3-6,8-11,14,21-22H,7,12-13,15H2,(H,28,30)(H,31,32)(H,27,29,33). The fourth-order valence-electron chi connectivity index (χ4n) is 4.02. The Hall–Kier alpha value is -4.16. The van der Waals surface area contributed by atoms with E-state index in [4.69, 9.17) is 16.3 Å². The third kappa shape index (κ3) is 5.67. The number of nitrogens with one attached hydrogen (secondary N) is 2. The maximum absolute atomic E-state index is 12.4. The normalized spacial score (nSPS) is 12.7. The van der Waals surface area contributed by atoms with Gasteiger partial charge in [0, 0.05) is 29.8 Å². The zero-order valence-electron chi connectivity index (χ0n) is 18.7. The van der Waals surface area contributed by atoms with Gasteiger partial charge in [-0.05, 0) is 28.7 Å². The number of amides is 2. The number of carbonyl (C=O) groups is 3. The summed E-state index contributed by atoms with van der Waals surface area (Å²) in [4.78, 5) is 40.5. The topological polar surface area (TPSA) is 118 Å². The minimum Gasteiger partial charge on any atom is -0.480 e. The molecule has 0 aliphatic heterocycles. The number of benzene rings is 2. The van der Waals surface area contributed by atoms with Gasteiger partial charge >= 0.3 is 12.1 Å². The number of carboxylic acids is 1. The van der Waals surface area contributed by atoms with Gasteiger partial charge < -0.3 is 15.2 Å². The molecule has 1 aliphatic carbocycles. The summed E-state index contributed by atoms with van der Waals surface area (Å²) in [5, 5.41) is 14.4. The summed E-state index contributed by atoms with van der Waals surface area (Å²) in [5.41, 5.74) is 4.56. The summed E-state index contributed by atoms with van der Waals surface area (Å²) in [6, 6.07) is 15.1. The maximum Gasteiger partial charge on any atom is 0.413 e. The molecule has 3 N–H and O–H groups in total. The van der Waals surface area contributed by atoms with Gasteiger partial charge in [-0.1, -0.05) is 48.5 Å². The van der Waals surface area contributed by atoms with Gasteiger partial charge in [-0.2, -0.15) is 0 Å². The summed E-state index contributed by atoms with van der Waals surface area (Å²) in [6.45, 7) is 0.195. The monoisotopic (exact) mass is 489 g/mol. The van der Waals surface area contributed by atoms with Gasteiger partial charge in [-0.25, -0.2) is 14.6 Å². The van der Waals surface area contributed by atoms with E-state index in [1.165, 1.54) is 11.3 Å². The quantitative estimate of drug-likeness (QED) is 0.391. The van der Waals surface area contributed by atoms with Crippen molar-refractivity contribution >= 4 is 34.4 Å². The van der Waals surface area contributed by atoms with Crippen LogP contribution in [0.25, 0.3) is 11.1 Å². The Kier molecular flexibility index (Phi) is 7.43. The van der Waals surface area contributed by atoms with Gasteiger partial charge in [0.2, 0.25) is 5.91 Å². The SMILES string of the molecule is C#CCC(NC(=O)CCc1cnc(NC(=O)OCC2c3ccccc3-c3ccccc32)s1)C(=O)O. The third-order valence-electron chi connectivity index (χ3n) is 5.66. The lowest BCUT2D eigenvalue weighted by molar-refractivity contribution is -0.141. The highest BCUT2D eigenvalue weighted by atomic mass is 32.1. The number of carboxylic acid groups (broad SMARTS) is 1. The van der Waals surface area contributed by atoms with Gasteiger partial charge in [0.05, 0.1) is 0 Å². The van der Waals surface area contributed by atoms with Crippen molar-refractivity contribution in [3.8, 4) is 23.5 Å². The van der Waals surface area contributed by atoms with Crippen molar-refractivity contribution in [1.82, 2.24) is 10.3 Å². The van der Waals surface area contributed by atoms with Crippen LogP contribution in [0.15, 0.2) is 54.7 Å². The molecular formula is C26H23N3O5S. The molecule has 3 aromatic rings. The third-order valence-corrected chi connectivity index (χ3v) is 6.63. The van der Waals surface area contributed by atoms with Crippen LogP contribution in [0, 0.1) is 12.3 Å². The second-order valence-corrected chi connectivity index (χ2v) is 9.06. The Balaban J connectivity index is 1.28. The predicted octanol–water partition coefficient (Wildman–Crippen LogP) is 4.03. The number of ether oxygens (including phenoxy) is 1. The van der Waals surface area contributed by atoms with E-state index in [-0.39, 0.29) is 25.4 Å². The molecule has 1 aromatic heterocycles. The molecular weight excluding hydrogens is 466 g/mol. The summed E-state index contributed by atoms with van der Waals surface area (Å²) >= 11 is 1.22. The lowest BCUT2D eigenvalue weighted by atomic mass is 9.98. The molecule has 2 aromatic carbocycles. The predicted molar refractivity (Wildman–Crippen MR) is 132 cm³/mol. The van der Waals surface area contributed by atoms with Gasteiger partial charge in [-0.15, -0.1) is 23.7 Å². The van der Waals surface area contributed by atoms with Crippen LogP contribution in [0.4, 0.5) is 9.93 Å². The highest BCUT2D eigenvalue weighted by Gasteiger charge is 2.29. The molecule has 0 radical (unpaired) electrons. The Morgan fingerprint density at radius 1 is 1.11 bits per heavy atom. The molecule has 0 bridgehead atoms. The van der Waals surface area contributed by atoms with Crippen LogP contribution in [0.3, 0.4) is 0 Å². The van der Waals surface area contributed by atoms with Crippen LogP contribution >= 0.6 is 11.3 Å². The molecule has 0 spiro atoms. The minimum atomic E-state index is -1.18. The summed E-state index contributed by atoms with van der Waals surface area (Å²) in [5.74, 6) is 0.592. The molecule has 0 fully saturated rings. The van der Waals surface area contributed by atoms with E-state index in [0.717, 1.165) is 27.1 Å². The summed E-state index contributed by atoms with van der Waals surface area (Å²) in [6.07, 6.45) is 6.42. The van der Waals surface area contributed by atoms with Crippen LogP contribution < -0.4 is 10.6 Å². The van der Waals surface area contributed by atoms with E-state index in [9.17, 15) is 14.4 Å². The zero-order valence-corrected chi connectivity index (χ0v) is 19.5. The largest absolute Gasteiger partial charge is 0.480 e. The van der Waals surface area contributed by atoms with Gasteiger partial charge in [-0.3, -0.25) is 10.1 Å². The first-order chi connectivity index (χ1) is 17.0. The van der Waals surface area contributed by atoms with E-state index >= 15 is 0 Å². The molecule has 0 saturated carbocycles. The first kappa shape index (κ1) is 24.0. The van der Waals surface area contributed by atoms with E-state index in [1.54, 1.807) is 6.20 Å². The Labute approximate surface area is 206 Å². The molecule has 8 nitrogen and oxygen atoms in total. The number of terminal acetylenes is 1. The molecule has 1 aliphatic rings. The number of aromatic nitrogens is 1. The van der Waals surface area contributed by atoms with Crippen molar-refractivity contribution in [2.24, 2.45) is 0 Å². The Bertz CT molecular complexity index is 1250. The number of hydrogen-bond donors (Lipinski definition) is 3. The summed E-state index contributed by atoms with van der Waals surface area (Å²) in [7, 11) is 0. The van der Waals surface area contributed by atoms with E-state index in [0.29, 0.717) is 11.6 Å². The Morgan fingerprint density at radius 3 is 2.40 bits per heavy atom. The molecule has 2 amide bonds. The van der Waals surface area contributed by atoms with Crippen LogP contribution in [-0.4, -0.2) is 40.7 Å². The van der Waals surface area contributed by atoms with Crippen LogP contribution in [0.2, 0.25) is 0 Å². The van der Waals surface area contributed by atoms with Crippen molar-refractivity contribution in [3.63, 3.8) is 0 Å². The second kappa shape index (κ2) is 10.8. The smallest absolute Gasteiger partial charge is 0.413 e. The van der Waals surface area contributed by atoms with Crippen LogP contribution in [0.1, 0.15) is 34.8 Å². The fraction of sp³-hybridized carbons (Fsp3) is 0.231. The molecule has 1 atom stereocenters. The number of carbonyl (C=O) groups excluding carboxylic acids is 2. The number of rotatable bonds is 9. The molecule has 178 valence electrons. The van der Waals surface area contributed by atoms with E-state index in [2.05, 4.69) is 45.8 Å². The number of nitrogens with zero attached hydrogens (tertiary/aromatic N) is 1. The first-order valence-corrected chi connectivity index (χ1v) is 11.8. The van der Waals surface area contributed by atoms with Crippen LogP contribution in [-0.2, 0) is 20.7 Å². The van der Waals surface area contributed by atoms with Gasteiger partial charge in [0.25, 0.3) is 0 Å². The first-order valence-electron chi connectivity index (χ1n) is 11.0. The van der Waals surface area contributed by atoms with Gasteiger partial charge in [0.1, 0.15) is 12.6 Å². The molecule has 1 unspecified atom stereocenters. The number of anilines is 1. The van der Waals surface area contributed by atoms with E-state index < -0.39 is 24.0 Å². The lowest BCUT2D eigenvalue weighted by Crippen LogP contribution is -2.40. The lowest BCUT2D eigenvalue weighted by Gasteiger charge is -2.14. The Morgan fingerprint density at radius 2 is 1.77 bits per heavy atom. The minimum absolute atomic E-state index is 0.0392. The van der Waals surface area contributed by atoms with Crippen molar-refractivity contribution in [3.05, 3.63) is 70.7 Å². The highest BCUT2D eigenvalue weighted by molar-refractivity contribution is 7.15. The number of thiazole rings is 1. The van der Waals surface area contributed by atoms with Crippen molar-refractivity contribution in [2.75, 3.05) is 11.9 Å². The number of aliphatic carboxylic acids is 1. The summed E-state index contributed by atoms with van der Waals surface area (Å²) < 4.78 is 5.52. The molecule has 9 heteroatoms. The second-order valence-electron chi connectivity index (χ2n) is 7.95. The molecule has 35 heavy (non-hydrogen) atoms. The average Bonchev–Trinajstić information content (AvgIpc) is 3.43. The van der Waals surface area contributed by atoms with E-state index in [1.807, 2.05) is 24.3 Å².